The summed E-state index contributed by atoms with van der Waals surface area (Å²) in [7, 11) is 1.91. The summed E-state index contributed by atoms with van der Waals surface area (Å²) in [4.78, 5) is 13.9. The molecule has 0 bridgehead atoms. The predicted octanol–water partition coefficient (Wildman–Crippen LogP) is 0.922. The molecule has 0 spiro atoms. The Bertz CT molecular complexity index is 420. The number of benzene rings is 1. The maximum Gasteiger partial charge on any atom is 0.261 e. The van der Waals surface area contributed by atoms with Crippen LogP contribution < -0.4 is 5.32 Å². The summed E-state index contributed by atoms with van der Waals surface area (Å²) < 4.78 is 0. The zero-order valence-electron chi connectivity index (χ0n) is 10.4. The first-order valence-electron chi connectivity index (χ1n) is 6.11. The van der Waals surface area contributed by atoms with E-state index in [0.717, 1.165) is 12.8 Å². The molecule has 0 unspecified atom stereocenters. The van der Waals surface area contributed by atoms with E-state index in [-0.39, 0.29) is 23.0 Å². The second-order valence-corrected chi connectivity index (χ2v) is 4.53. The fourth-order valence-electron chi connectivity index (χ4n) is 2.28. The van der Waals surface area contributed by atoms with Crippen LogP contribution >= 0.6 is 0 Å². The molecule has 1 aliphatic rings. The lowest BCUT2D eigenvalue weighted by Crippen LogP contribution is -2.43. The second kappa shape index (κ2) is 5.27. The van der Waals surface area contributed by atoms with E-state index in [1.807, 2.05) is 7.05 Å². The quantitative estimate of drug-likeness (QED) is 0.730. The van der Waals surface area contributed by atoms with Gasteiger partial charge in [0.15, 0.2) is 0 Å². The Morgan fingerprint density at radius 2 is 1.83 bits per heavy atom. The third kappa shape index (κ3) is 2.41. The van der Waals surface area contributed by atoms with E-state index in [0.29, 0.717) is 19.1 Å². The number of nitrogens with zero attached hydrogens (tertiary/aromatic N) is 1. The van der Waals surface area contributed by atoms with Gasteiger partial charge < -0.3 is 20.4 Å². The molecule has 1 fully saturated rings. The molecule has 1 aromatic rings. The van der Waals surface area contributed by atoms with Crippen molar-refractivity contribution in [2.24, 2.45) is 0 Å². The highest BCUT2D eigenvalue weighted by atomic mass is 16.3. The third-order valence-corrected chi connectivity index (χ3v) is 3.42. The standard InChI is InChI=1S/C13H18N2O3/c1-14-9-5-7-15(8-6-9)13(18)12-10(16)3-2-4-11(12)17/h2-4,9,14,16-17H,5-8H2,1H3. The Hall–Kier alpha value is -1.75. The zero-order valence-corrected chi connectivity index (χ0v) is 10.4. The van der Waals surface area contributed by atoms with Crippen LogP contribution in [0.3, 0.4) is 0 Å². The molecule has 18 heavy (non-hydrogen) atoms. The van der Waals surface area contributed by atoms with Gasteiger partial charge in [0.25, 0.3) is 5.91 Å². The van der Waals surface area contributed by atoms with Crippen LogP contribution in [0.5, 0.6) is 11.5 Å². The normalized spacial score (nSPS) is 16.8. The molecule has 1 aliphatic heterocycles. The molecule has 0 radical (unpaired) electrons. The number of rotatable bonds is 2. The lowest BCUT2D eigenvalue weighted by Gasteiger charge is -2.32. The molecule has 1 amide bonds. The van der Waals surface area contributed by atoms with Gasteiger partial charge in [-0.05, 0) is 32.0 Å². The highest BCUT2D eigenvalue weighted by Gasteiger charge is 2.26. The van der Waals surface area contributed by atoms with Crippen molar-refractivity contribution in [3.05, 3.63) is 23.8 Å². The number of hydrogen-bond donors (Lipinski definition) is 3. The van der Waals surface area contributed by atoms with E-state index < -0.39 is 0 Å². The fraction of sp³-hybridized carbons (Fsp3) is 0.462. The van der Waals surface area contributed by atoms with Gasteiger partial charge in [-0.1, -0.05) is 6.07 Å². The maximum absolute atomic E-state index is 12.2. The highest BCUT2D eigenvalue weighted by molar-refractivity contribution is 5.99. The maximum atomic E-state index is 12.2. The monoisotopic (exact) mass is 250 g/mol. The average molecular weight is 250 g/mol. The molecule has 98 valence electrons. The van der Waals surface area contributed by atoms with Crippen LogP contribution in [0.4, 0.5) is 0 Å². The molecule has 2 rings (SSSR count). The molecule has 5 nitrogen and oxygen atoms in total. The Labute approximate surface area is 106 Å². The lowest BCUT2D eigenvalue weighted by atomic mass is 10.0. The van der Waals surface area contributed by atoms with E-state index in [2.05, 4.69) is 5.32 Å². The van der Waals surface area contributed by atoms with Gasteiger partial charge in [-0.15, -0.1) is 0 Å². The van der Waals surface area contributed by atoms with Crippen molar-refractivity contribution in [3.8, 4) is 11.5 Å². The van der Waals surface area contributed by atoms with E-state index in [9.17, 15) is 15.0 Å². The van der Waals surface area contributed by atoms with Crippen molar-refractivity contribution in [2.45, 2.75) is 18.9 Å². The number of amides is 1. The van der Waals surface area contributed by atoms with Gasteiger partial charge in [0, 0.05) is 19.1 Å². The summed E-state index contributed by atoms with van der Waals surface area (Å²) in [6.07, 6.45) is 1.77. The summed E-state index contributed by atoms with van der Waals surface area (Å²) in [5.74, 6) is -0.647. The van der Waals surface area contributed by atoms with Crippen LogP contribution in [0.15, 0.2) is 18.2 Å². The minimum atomic E-state index is -0.305. The minimum Gasteiger partial charge on any atom is -0.507 e. The van der Waals surface area contributed by atoms with E-state index >= 15 is 0 Å². The minimum absolute atomic E-state index is 0.000377. The first-order valence-corrected chi connectivity index (χ1v) is 6.11. The fourth-order valence-corrected chi connectivity index (χ4v) is 2.28. The number of aromatic hydroxyl groups is 2. The van der Waals surface area contributed by atoms with Crippen molar-refractivity contribution < 1.29 is 15.0 Å². The van der Waals surface area contributed by atoms with Gasteiger partial charge in [-0.2, -0.15) is 0 Å². The van der Waals surface area contributed by atoms with Crippen molar-refractivity contribution in [2.75, 3.05) is 20.1 Å². The summed E-state index contributed by atoms with van der Waals surface area (Å²) in [6.45, 7) is 1.27. The van der Waals surface area contributed by atoms with Crippen molar-refractivity contribution >= 4 is 5.91 Å². The molecule has 1 saturated heterocycles. The van der Waals surface area contributed by atoms with Crippen molar-refractivity contribution in [3.63, 3.8) is 0 Å². The summed E-state index contributed by atoms with van der Waals surface area (Å²) >= 11 is 0. The zero-order chi connectivity index (χ0) is 13.1. The lowest BCUT2D eigenvalue weighted by molar-refractivity contribution is 0.0701. The van der Waals surface area contributed by atoms with Crippen molar-refractivity contribution in [1.29, 1.82) is 0 Å². The number of nitrogens with one attached hydrogen (secondary N) is 1. The number of phenolic OH excluding ortho intramolecular Hbond substituents is 2. The third-order valence-electron chi connectivity index (χ3n) is 3.42. The van der Waals surface area contributed by atoms with Crippen LogP contribution in [-0.4, -0.2) is 47.2 Å². The van der Waals surface area contributed by atoms with E-state index in [4.69, 9.17) is 0 Å². The molecular weight excluding hydrogens is 232 g/mol. The van der Waals surface area contributed by atoms with Crippen LogP contribution in [0, 0.1) is 0 Å². The number of carbonyl (C=O) groups is 1. The number of hydrogen-bond acceptors (Lipinski definition) is 4. The molecule has 5 heteroatoms. The molecule has 3 N–H and O–H groups in total. The van der Waals surface area contributed by atoms with Gasteiger partial charge in [-0.3, -0.25) is 4.79 Å². The summed E-state index contributed by atoms with van der Waals surface area (Å²) in [5, 5.41) is 22.5. The molecule has 0 saturated carbocycles. The number of carbonyl (C=O) groups excluding carboxylic acids is 1. The Balaban J connectivity index is 2.13. The molecular formula is C13H18N2O3. The largest absolute Gasteiger partial charge is 0.507 e. The molecule has 0 aliphatic carbocycles. The second-order valence-electron chi connectivity index (χ2n) is 4.53. The van der Waals surface area contributed by atoms with Crippen LogP contribution in [0.1, 0.15) is 23.2 Å². The van der Waals surface area contributed by atoms with E-state index in [1.165, 1.54) is 18.2 Å². The van der Waals surface area contributed by atoms with Gasteiger partial charge in [0.1, 0.15) is 17.1 Å². The molecule has 1 aromatic carbocycles. The van der Waals surface area contributed by atoms with Gasteiger partial charge in [0.05, 0.1) is 0 Å². The summed E-state index contributed by atoms with van der Waals surface area (Å²) in [5.41, 5.74) is 0.000377. The smallest absolute Gasteiger partial charge is 0.261 e. The average Bonchev–Trinajstić information content (AvgIpc) is 2.38. The Kier molecular flexibility index (Phi) is 3.72. The molecule has 1 heterocycles. The highest BCUT2D eigenvalue weighted by Crippen LogP contribution is 2.28. The number of likely N-dealkylation sites (tertiary alicyclic amines) is 1. The Morgan fingerprint density at radius 3 is 2.33 bits per heavy atom. The van der Waals surface area contributed by atoms with Gasteiger partial charge in [-0.25, -0.2) is 0 Å². The number of phenols is 2. The SMILES string of the molecule is CNC1CCN(C(=O)c2c(O)cccc2O)CC1. The van der Waals surface area contributed by atoms with E-state index in [1.54, 1.807) is 4.90 Å². The summed E-state index contributed by atoms with van der Waals surface area (Å²) in [6, 6.07) is 4.77. The number of piperidine rings is 1. The van der Waals surface area contributed by atoms with Gasteiger partial charge >= 0.3 is 0 Å². The van der Waals surface area contributed by atoms with Crippen LogP contribution in [0.2, 0.25) is 0 Å². The Morgan fingerprint density at radius 1 is 1.28 bits per heavy atom. The predicted molar refractivity (Wildman–Crippen MR) is 67.8 cm³/mol. The van der Waals surface area contributed by atoms with Crippen LogP contribution in [-0.2, 0) is 0 Å². The molecule has 0 aromatic heterocycles. The first-order chi connectivity index (χ1) is 8.63. The molecule has 0 atom stereocenters. The first kappa shape index (κ1) is 12.7. The topological polar surface area (TPSA) is 72.8 Å². The van der Waals surface area contributed by atoms with Gasteiger partial charge in [0.2, 0.25) is 0 Å². The van der Waals surface area contributed by atoms with Crippen LogP contribution in [0.25, 0.3) is 0 Å². The van der Waals surface area contributed by atoms with Crippen molar-refractivity contribution in [1.82, 2.24) is 10.2 Å².